The molecule has 2 fully saturated rings. The molecule has 4 nitrogen and oxygen atoms in total. The molecule has 0 bridgehead atoms. The minimum absolute atomic E-state index is 0.0515. The summed E-state index contributed by atoms with van der Waals surface area (Å²) < 4.78 is 23.1. The van der Waals surface area contributed by atoms with Gasteiger partial charge in [-0.3, -0.25) is 4.90 Å². The van der Waals surface area contributed by atoms with Crippen LogP contribution in [0.15, 0.2) is 0 Å². The predicted molar refractivity (Wildman–Crippen MR) is 65.0 cm³/mol. The zero-order chi connectivity index (χ0) is 11.8. The molecule has 2 atom stereocenters. The highest BCUT2D eigenvalue weighted by Crippen LogP contribution is 2.29. The van der Waals surface area contributed by atoms with Crippen molar-refractivity contribution < 1.29 is 8.42 Å². The fraction of sp³-hybridized carbons (Fsp3) is 1.00. The third-order valence-corrected chi connectivity index (χ3v) is 5.70. The fourth-order valence-electron chi connectivity index (χ4n) is 2.74. The fourth-order valence-corrected chi connectivity index (χ4v) is 4.66. The monoisotopic (exact) mass is 246 g/mol. The van der Waals surface area contributed by atoms with Crippen LogP contribution in [0.5, 0.6) is 0 Å². The van der Waals surface area contributed by atoms with Crippen molar-refractivity contribution in [1.29, 1.82) is 0 Å². The van der Waals surface area contributed by atoms with Crippen LogP contribution in [0.2, 0.25) is 0 Å². The maximum absolute atomic E-state index is 11.5. The third-order valence-electron chi connectivity index (χ3n) is 3.96. The Hall–Kier alpha value is -0.130. The van der Waals surface area contributed by atoms with Gasteiger partial charge >= 0.3 is 0 Å². The standard InChI is InChI=1S/C11H22N2O2S/c1-2-13(6-9-4-3-5-9)11-8-16(14,15)7-10(11)12/h9-11H,2-8,12H2,1H3. The third kappa shape index (κ3) is 2.57. The first-order valence-electron chi connectivity index (χ1n) is 6.22. The van der Waals surface area contributed by atoms with E-state index < -0.39 is 9.84 Å². The highest BCUT2D eigenvalue weighted by atomic mass is 32.2. The molecule has 2 unspecified atom stereocenters. The van der Waals surface area contributed by atoms with E-state index in [1.165, 1.54) is 19.3 Å². The molecule has 1 saturated heterocycles. The molecule has 1 aliphatic heterocycles. The normalized spacial score (nSPS) is 34.2. The van der Waals surface area contributed by atoms with E-state index in [1.807, 2.05) is 0 Å². The number of nitrogens with two attached hydrogens (primary N) is 1. The zero-order valence-corrected chi connectivity index (χ0v) is 10.7. The lowest BCUT2D eigenvalue weighted by Gasteiger charge is -2.36. The van der Waals surface area contributed by atoms with E-state index >= 15 is 0 Å². The Bertz CT molecular complexity index is 338. The molecule has 0 radical (unpaired) electrons. The molecule has 2 aliphatic rings. The molecule has 1 aliphatic carbocycles. The van der Waals surface area contributed by atoms with Crippen LogP contribution in [0, 0.1) is 5.92 Å². The predicted octanol–water partition coefficient (Wildman–Crippen LogP) is 0.233. The first kappa shape index (κ1) is 12.3. The smallest absolute Gasteiger partial charge is 0.153 e. The van der Waals surface area contributed by atoms with Crippen molar-refractivity contribution in [3.63, 3.8) is 0 Å². The van der Waals surface area contributed by atoms with Crippen molar-refractivity contribution in [2.24, 2.45) is 11.7 Å². The van der Waals surface area contributed by atoms with Gasteiger partial charge in [-0.2, -0.15) is 0 Å². The van der Waals surface area contributed by atoms with Gasteiger partial charge in [0.25, 0.3) is 0 Å². The SMILES string of the molecule is CCN(CC1CCC1)C1CS(=O)(=O)CC1N. The van der Waals surface area contributed by atoms with Crippen molar-refractivity contribution in [2.45, 2.75) is 38.3 Å². The number of hydrogen-bond acceptors (Lipinski definition) is 4. The molecule has 1 heterocycles. The Morgan fingerprint density at radius 3 is 2.38 bits per heavy atom. The lowest BCUT2D eigenvalue weighted by atomic mass is 9.84. The quantitative estimate of drug-likeness (QED) is 0.771. The lowest BCUT2D eigenvalue weighted by Crippen LogP contribution is -2.49. The molecule has 0 aromatic rings. The Kier molecular flexibility index (Phi) is 3.56. The summed E-state index contributed by atoms with van der Waals surface area (Å²) in [5.74, 6) is 1.20. The average molecular weight is 246 g/mol. The number of nitrogens with zero attached hydrogens (tertiary/aromatic N) is 1. The van der Waals surface area contributed by atoms with Gasteiger partial charge in [0, 0.05) is 18.6 Å². The van der Waals surface area contributed by atoms with Gasteiger partial charge in [0.15, 0.2) is 9.84 Å². The summed E-state index contributed by atoms with van der Waals surface area (Å²) in [5.41, 5.74) is 5.95. The van der Waals surface area contributed by atoms with Gasteiger partial charge in [-0.05, 0) is 25.3 Å². The highest BCUT2D eigenvalue weighted by molar-refractivity contribution is 7.91. The molecule has 2 N–H and O–H groups in total. The van der Waals surface area contributed by atoms with Crippen molar-refractivity contribution >= 4 is 9.84 Å². The summed E-state index contributed by atoms with van der Waals surface area (Å²) in [7, 11) is -2.89. The Morgan fingerprint density at radius 2 is 2.00 bits per heavy atom. The number of rotatable bonds is 4. The summed E-state index contributed by atoms with van der Waals surface area (Å²) in [6.45, 7) is 4.03. The van der Waals surface area contributed by atoms with E-state index in [9.17, 15) is 8.42 Å². The molecule has 1 saturated carbocycles. The number of hydrogen-bond donors (Lipinski definition) is 1. The highest BCUT2D eigenvalue weighted by Gasteiger charge is 2.39. The second-order valence-corrected chi connectivity index (χ2v) is 7.35. The molecule has 2 rings (SSSR count). The molecular weight excluding hydrogens is 224 g/mol. The summed E-state index contributed by atoms with van der Waals surface area (Å²) in [5, 5.41) is 0. The molecule has 0 amide bonds. The largest absolute Gasteiger partial charge is 0.325 e. The van der Waals surface area contributed by atoms with Crippen LogP contribution in [-0.4, -0.2) is 50.0 Å². The topological polar surface area (TPSA) is 63.4 Å². The van der Waals surface area contributed by atoms with E-state index in [2.05, 4.69) is 11.8 Å². The maximum Gasteiger partial charge on any atom is 0.153 e. The van der Waals surface area contributed by atoms with E-state index in [1.54, 1.807) is 0 Å². The maximum atomic E-state index is 11.5. The molecule has 0 aromatic carbocycles. The second-order valence-electron chi connectivity index (χ2n) is 5.19. The summed E-state index contributed by atoms with van der Waals surface area (Å²) in [6, 6.07) is -0.138. The van der Waals surface area contributed by atoms with Gasteiger partial charge in [-0.15, -0.1) is 0 Å². The second kappa shape index (κ2) is 4.63. The Labute approximate surface area is 98.1 Å². The van der Waals surface area contributed by atoms with Crippen LogP contribution in [0.25, 0.3) is 0 Å². The lowest BCUT2D eigenvalue weighted by molar-refractivity contribution is 0.140. The van der Waals surface area contributed by atoms with Gasteiger partial charge in [-0.25, -0.2) is 8.42 Å². The molecule has 0 spiro atoms. The zero-order valence-electron chi connectivity index (χ0n) is 9.93. The van der Waals surface area contributed by atoms with Crippen molar-refractivity contribution in [3.8, 4) is 0 Å². The summed E-state index contributed by atoms with van der Waals surface area (Å²) in [4.78, 5) is 2.28. The molecule has 0 aromatic heterocycles. The van der Waals surface area contributed by atoms with Gasteiger partial charge < -0.3 is 5.73 Å². The van der Waals surface area contributed by atoms with E-state index in [4.69, 9.17) is 5.73 Å². The van der Waals surface area contributed by atoms with Crippen LogP contribution in [0.1, 0.15) is 26.2 Å². The van der Waals surface area contributed by atoms with E-state index in [0.29, 0.717) is 0 Å². The Morgan fingerprint density at radius 1 is 1.31 bits per heavy atom. The van der Waals surface area contributed by atoms with Crippen LogP contribution in [0.4, 0.5) is 0 Å². The van der Waals surface area contributed by atoms with Crippen LogP contribution in [-0.2, 0) is 9.84 Å². The van der Waals surface area contributed by atoms with Crippen molar-refractivity contribution in [2.75, 3.05) is 24.6 Å². The average Bonchev–Trinajstić information content (AvgIpc) is 2.38. The van der Waals surface area contributed by atoms with Crippen molar-refractivity contribution in [3.05, 3.63) is 0 Å². The minimum atomic E-state index is -2.89. The molecular formula is C11H22N2O2S. The van der Waals surface area contributed by atoms with Crippen molar-refractivity contribution in [1.82, 2.24) is 4.90 Å². The van der Waals surface area contributed by atoms with E-state index in [0.717, 1.165) is 19.0 Å². The number of likely N-dealkylation sites (N-methyl/N-ethyl adjacent to an activating group) is 1. The summed E-state index contributed by atoms with van der Waals surface area (Å²) >= 11 is 0. The van der Waals surface area contributed by atoms with Gasteiger partial charge in [0.05, 0.1) is 11.5 Å². The molecule has 5 heteroatoms. The van der Waals surface area contributed by atoms with Crippen LogP contribution < -0.4 is 5.73 Å². The minimum Gasteiger partial charge on any atom is -0.325 e. The first-order chi connectivity index (χ1) is 7.52. The Balaban J connectivity index is 1.97. The van der Waals surface area contributed by atoms with Crippen LogP contribution >= 0.6 is 0 Å². The van der Waals surface area contributed by atoms with Gasteiger partial charge in [-0.1, -0.05) is 13.3 Å². The van der Waals surface area contributed by atoms with E-state index in [-0.39, 0.29) is 23.6 Å². The van der Waals surface area contributed by atoms with Gasteiger partial charge in [0.1, 0.15) is 0 Å². The first-order valence-corrected chi connectivity index (χ1v) is 8.04. The molecule has 94 valence electrons. The summed E-state index contributed by atoms with van der Waals surface area (Å²) in [6.07, 6.45) is 3.92. The number of sulfone groups is 1. The molecule has 16 heavy (non-hydrogen) atoms. The van der Waals surface area contributed by atoms with Crippen LogP contribution in [0.3, 0.4) is 0 Å². The van der Waals surface area contributed by atoms with Gasteiger partial charge in [0.2, 0.25) is 0 Å².